The van der Waals surface area contributed by atoms with Crippen LogP contribution in [0, 0.1) is 0 Å². The van der Waals surface area contributed by atoms with Crippen LogP contribution in [0.3, 0.4) is 0 Å². The van der Waals surface area contributed by atoms with Crippen LogP contribution in [0.2, 0.25) is 0 Å². The Bertz CT molecular complexity index is 619. The van der Waals surface area contributed by atoms with E-state index in [1.807, 2.05) is 24.2 Å². The molecule has 26 heavy (non-hydrogen) atoms. The standard InChI is InChI=1S/C19H28N2O4S/c1-4-21(5-2)17-18(24)15(19(17)25)13-14(3)26-12-11-20-10-8-6-7-9-16(22)23/h11-13,20,24H,3-10H2,1-2H3,(H,22,23)/b12-11-,15-13-. The van der Waals surface area contributed by atoms with Crippen LogP contribution in [0.15, 0.2) is 46.2 Å². The number of carboxylic acids is 1. The maximum Gasteiger partial charge on any atom is 0.303 e. The van der Waals surface area contributed by atoms with E-state index in [9.17, 15) is 14.7 Å². The number of carboxylic acid groups (broad SMARTS) is 1. The fourth-order valence-corrected chi connectivity index (χ4v) is 3.03. The summed E-state index contributed by atoms with van der Waals surface area (Å²) in [7, 11) is 0. The summed E-state index contributed by atoms with van der Waals surface area (Å²) in [4.78, 5) is 25.0. The third kappa shape index (κ3) is 6.63. The van der Waals surface area contributed by atoms with Crippen LogP contribution in [0.1, 0.15) is 39.5 Å². The number of carbonyl (C=O) groups is 2. The molecule has 0 radical (unpaired) electrons. The van der Waals surface area contributed by atoms with Gasteiger partial charge in [0.05, 0.1) is 5.57 Å². The van der Waals surface area contributed by atoms with Gasteiger partial charge in [0, 0.05) is 37.2 Å². The summed E-state index contributed by atoms with van der Waals surface area (Å²) in [5, 5.41) is 23.6. The first kappa shape index (κ1) is 21.9. The highest BCUT2D eigenvalue weighted by molar-refractivity contribution is 8.06. The van der Waals surface area contributed by atoms with Crippen LogP contribution in [0.5, 0.6) is 0 Å². The SMILES string of the molecule is C=C(/C=C1\C(=O)C(N(CC)CC)=C1O)S/C=C\NCCCCCC(=O)O. The Kier molecular flexibility index (Phi) is 9.65. The van der Waals surface area contributed by atoms with Gasteiger partial charge in [0.1, 0.15) is 5.70 Å². The van der Waals surface area contributed by atoms with Crippen molar-refractivity contribution < 1.29 is 19.8 Å². The topological polar surface area (TPSA) is 89.9 Å². The van der Waals surface area contributed by atoms with E-state index in [0.717, 1.165) is 19.4 Å². The number of hydrogen-bond acceptors (Lipinski definition) is 6. The van der Waals surface area contributed by atoms with Crippen LogP contribution >= 0.6 is 11.8 Å². The first-order chi connectivity index (χ1) is 12.4. The highest BCUT2D eigenvalue weighted by atomic mass is 32.2. The zero-order chi connectivity index (χ0) is 19.5. The van der Waals surface area contributed by atoms with Crippen molar-refractivity contribution in [3.05, 3.63) is 46.2 Å². The smallest absolute Gasteiger partial charge is 0.303 e. The van der Waals surface area contributed by atoms with Crippen molar-refractivity contribution >= 4 is 23.5 Å². The molecule has 0 unspecified atom stereocenters. The molecule has 0 aromatic heterocycles. The predicted octanol–water partition coefficient (Wildman–Crippen LogP) is 3.56. The molecule has 0 bridgehead atoms. The van der Waals surface area contributed by atoms with Crippen LogP contribution in [0.25, 0.3) is 0 Å². The number of aliphatic hydroxyl groups excluding tert-OH is 1. The Morgan fingerprint density at radius 3 is 2.54 bits per heavy atom. The average molecular weight is 381 g/mol. The maximum absolute atomic E-state index is 12.2. The normalized spacial score (nSPS) is 15.5. The molecule has 0 aliphatic heterocycles. The van der Waals surface area contributed by atoms with E-state index in [0.29, 0.717) is 35.7 Å². The van der Waals surface area contributed by atoms with E-state index >= 15 is 0 Å². The fourth-order valence-electron chi connectivity index (χ4n) is 2.50. The molecule has 1 aliphatic carbocycles. The van der Waals surface area contributed by atoms with Crippen molar-refractivity contribution in [1.82, 2.24) is 10.2 Å². The van der Waals surface area contributed by atoms with Crippen molar-refractivity contribution in [3.63, 3.8) is 0 Å². The molecule has 7 heteroatoms. The highest BCUT2D eigenvalue weighted by Gasteiger charge is 2.36. The monoisotopic (exact) mass is 380 g/mol. The molecule has 3 N–H and O–H groups in total. The van der Waals surface area contributed by atoms with Gasteiger partial charge in [-0.15, -0.1) is 0 Å². The number of rotatable bonds is 13. The van der Waals surface area contributed by atoms with Gasteiger partial charge in [-0.25, -0.2) is 0 Å². The number of carbonyl (C=O) groups excluding carboxylic acids is 1. The zero-order valence-electron chi connectivity index (χ0n) is 15.5. The molecule has 0 amide bonds. The molecule has 144 valence electrons. The molecular formula is C19H28N2O4S. The molecule has 0 fully saturated rings. The second kappa shape index (κ2) is 11.5. The van der Waals surface area contributed by atoms with Gasteiger partial charge in [-0.1, -0.05) is 24.8 Å². The predicted molar refractivity (Wildman–Crippen MR) is 106 cm³/mol. The second-order valence-electron chi connectivity index (χ2n) is 5.80. The molecule has 0 atom stereocenters. The number of allylic oxidation sites excluding steroid dienone is 3. The Balaban J connectivity index is 2.33. The molecule has 0 heterocycles. The minimum atomic E-state index is -0.753. The molecule has 0 aromatic rings. The average Bonchev–Trinajstić information content (AvgIpc) is 2.62. The number of unbranched alkanes of at least 4 members (excludes halogenated alkanes) is 2. The van der Waals surface area contributed by atoms with Crippen LogP contribution < -0.4 is 5.32 Å². The lowest BCUT2D eigenvalue weighted by Crippen LogP contribution is -2.36. The molecule has 0 saturated heterocycles. The summed E-state index contributed by atoms with van der Waals surface area (Å²) >= 11 is 1.36. The van der Waals surface area contributed by atoms with Crippen LogP contribution in [0.4, 0.5) is 0 Å². The number of Topliss-reactive ketones (excluding diaryl/α,β-unsaturated/α-hetero) is 1. The van der Waals surface area contributed by atoms with E-state index < -0.39 is 5.97 Å². The quantitative estimate of drug-likeness (QED) is 0.332. The lowest BCUT2D eigenvalue weighted by molar-refractivity contribution is -0.137. The second-order valence-corrected chi connectivity index (χ2v) is 6.83. The molecule has 1 aliphatic rings. The van der Waals surface area contributed by atoms with E-state index in [-0.39, 0.29) is 18.0 Å². The van der Waals surface area contributed by atoms with E-state index in [1.54, 1.807) is 12.3 Å². The Labute approximate surface area is 159 Å². The number of aliphatic carboxylic acids is 1. The van der Waals surface area contributed by atoms with Gasteiger partial charge in [-0.3, -0.25) is 9.59 Å². The van der Waals surface area contributed by atoms with Crippen molar-refractivity contribution in [3.8, 4) is 0 Å². The van der Waals surface area contributed by atoms with E-state index in [4.69, 9.17) is 5.11 Å². The van der Waals surface area contributed by atoms with Crippen LogP contribution in [-0.4, -0.2) is 46.5 Å². The first-order valence-electron chi connectivity index (χ1n) is 8.83. The van der Waals surface area contributed by atoms with E-state index in [1.165, 1.54) is 11.8 Å². The number of ketones is 1. The van der Waals surface area contributed by atoms with Crippen molar-refractivity contribution in [2.24, 2.45) is 0 Å². The summed E-state index contributed by atoms with van der Waals surface area (Å²) in [5.74, 6) is -0.850. The van der Waals surface area contributed by atoms with Gasteiger partial charge in [-0.05, 0) is 38.2 Å². The van der Waals surface area contributed by atoms with Crippen molar-refractivity contribution in [2.75, 3.05) is 19.6 Å². The third-order valence-corrected chi connectivity index (χ3v) is 4.63. The Hall–Kier alpha value is -2.15. The lowest BCUT2D eigenvalue weighted by atomic mass is 9.92. The summed E-state index contributed by atoms with van der Waals surface area (Å²) in [6.45, 7) is 9.90. The van der Waals surface area contributed by atoms with Gasteiger partial charge in [-0.2, -0.15) is 0 Å². The number of likely N-dealkylation sites (N-methyl/N-ethyl adjacent to an activating group) is 1. The zero-order valence-corrected chi connectivity index (χ0v) is 16.3. The maximum atomic E-state index is 12.2. The lowest BCUT2D eigenvalue weighted by Gasteiger charge is -2.31. The van der Waals surface area contributed by atoms with Gasteiger partial charge >= 0.3 is 5.97 Å². The summed E-state index contributed by atoms with van der Waals surface area (Å²) in [5.41, 5.74) is 0.698. The molecule has 1 rings (SSSR count). The highest BCUT2D eigenvalue weighted by Crippen LogP contribution is 2.33. The third-order valence-electron chi connectivity index (χ3n) is 3.94. The molecule has 6 nitrogen and oxygen atoms in total. The largest absolute Gasteiger partial charge is 0.505 e. The molecule has 0 aromatic carbocycles. The first-order valence-corrected chi connectivity index (χ1v) is 9.71. The summed E-state index contributed by atoms with van der Waals surface area (Å²) in [6, 6.07) is 0. The number of nitrogens with zero attached hydrogens (tertiary/aromatic N) is 1. The minimum Gasteiger partial charge on any atom is -0.505 e. The Morgan fingerprint density at radius 2 is 1.96 bits per heavy atom. The number of nitrogens with one attached hydrogen (secondary N) is 1. The van der Waals surface area contributed by atoms with Crippen molar-refractivity contribution in [1.29, 1.82) is 0 Å². The Morgan fingerprint density at radius 1 is 1.27 bits per heavy atom. The summed E-state index contributed by atoms with van der Waals surface area (Å²) < 4.78 is 0. The fraction of sp³-hybridized carbons (Fsp3) is 0.474. The van der Waals surface area contributed by atoms with E-state index in [2.05, 4.69) is 11.9 Å². The van der Waals surface area contributed by atoms with Gasteiger partial charge in [0.25, 0.3) is 0 Å². The van der Waals surface area contributed by atoms with Crippen LogP contribution in [-0.2, 0) is 9.59 Å². The molecular weight excluding hydrogens is 352 g/mol. The summed E-state index contributed by atoms with van der Waals surface area (Å²) in [6.07, 6.45) is 6.10. The number of hydrogen-bond donors (Lipinski definition) is 3. The molecule has 0 saturated carbocycles. The van der Waals surface area contributed by atoms with Gasteiger partial charge in [0.2, 0.25) is 5.78 Å². The minimum absolute atomic E-state index is 0.0453. The van der Waals surface area contributed by atoms with Crippen molar-refractivity contribution in [2.45, 2.75) is 39.5 Å². The van der Waals surface area contributed by atoms with Gasteiger partial charge < -0.3 is 20.4 Å². The van der Waals surface area contributed by atoms with Gasteiger partial charge in [0.15, 0.2) is 5.76 Å². The number of aliphatic hydroxyl groups is 1. The molecule has 0 spiro atoms. The number of thioether (sulfide) groups is 1.